The van der Waals surface area contributed by atoms with Crippen LogP contribution in [0.25, 0.3) is 10.8 Å². The number of carbonyl (C=O) groups excluding carboxylic acids is 1. The zero-order chi connectivity index (χ0) is 17.5. The Kier molecular flexibility index (Phi) is 4.36. The van der Waals surface area contributed by atoms with Gasteiger partial charge in [-0.05, 0) is 30.9 Å². The van der Waals surface area contributed by atoms with Gasteiger partial charge < -0.3 is 15.4 Å². The molecule has 2 aromatic rings. The molecule has 3 heterocycles. The Morgan fingerprint density at radius 1 is 1.38 bits per heavy atom. The van der Waals surface area contributed by atoms with Crippen LogP contribution in [0.5, 0.6) is 5.88 Å². The molecule has 6 nitrogen and oxygen atoms in total. The minimum Gasteiger partial charge on any atom is -0.470 e. The Morgan fingerprint density at radius 3 is 2.71 bits per heavy atom. The summed E-state index contributed by atoms with van der Waals surface area (Å²) in [6.45, 7) is 6.85. The predicted octanol–water partition coefficient (Wildman–Crippen LogP) is 2.48. The van der Waals surface area contributed by atoms with E-state index in [4.69, 9.17) is 22.1 Å². The molecule has 0 atom stereocenters. The highest BCUT2D eigenvalue weighted by Crippen LogP contribution is 2.33. The fraction of sp³-hybridized carbons (Fsp3) is 0.471. The second-order valence-electron chi connectivity index (χ2n) is 6.64. The summed E-state index contributed by atoms with van der Waals surface area (Å²) in [5, 5.41) is 2.05. The molecule has 0 aliphatic carbocycles. The van der Waals surface area contributed by atoms with Crippen molar-refractivity contribution >= 4 is 28.3 Å². The zero-order valence-electron chi connectivity index (χ0n) is 14.0. The van der Waals surface area contributed by atoms with Crippen LogP contribution in [-0.2, 0) is 10.3 Å². The Bertz CT molecular complexity index is 782. The van der Waals surface area contributed by atoms with Crippen molar-refractivity contribution in [1.82, 2.24) is 14.9 Å². The van der Waals surface area contributed by atoms with Gasteiger partial charge in [-0.3, -0.25) is 4.79 Å². The summed E-state index contributed by atoms with van der Waals surface area (Å²) in [5.41, 5.74) is 6.56. The van der Waals surface area contributed by atoms with E-state index in [-0.39, 0.29) is 12.0 Å². The first-order valence-electron chi connectivity index (χ1n) is 7.97. The van der Waals surface area contributed by atoms with Gasteiger partial charge in [-0.2, -0.15) is 0 Å². The van der Waals surface area contributed by atoms with Gasteiger partial charge in [-0.1, -0.05) is 18.5 Å². The first-order chi connectivity index (χ1) is 11.3. The smallest absolute Gasteiger partial charge is 0.223 e. The van der Waals surface area contributed by atoms with Gasteiger partial charge in [0.2, 0.25) is 11.8 Å². The molecule has 24 heavy (non-hydrogen) atoms. The van der Waals surface area contributed by atoms with E-state index in [1.807, 2.05) is 20.8 Å². The quantitative estimate of drug-likeness (QED) is 0.858. The lowest BCUT2D eigenvalue weighted by Crippen LogP contribution is -2.56. The monoisotopic (exact) mass is 348 g/mol. The summed E-state index contributed by atoms with van der Waals surface area (Å²) < 4.78 is 5.97. The van der Waals surface area contributed by atoms with E-state index in [0.717, 1.165) is 16.3 Å². The molecule has 0 bridgehead atoms. The molecule has 2 N–H and O–H groups in total. The van der Waals surface area contributed by atoms with Gasteiger partial charge in [0.15, 0.2) is 0 Å². The second kappa shape index (κ2) is 6.18. The first-order valence-corrected chi connectivity index (χ1v) is 8.35. The van der Waals surface area contributed by atoms with Gasteiger partial charge in [-0.15, -0.1) is 0 Å². The largest absolute Gasteiger partial charge is 0.470 e. The second-order valence-corrected chi connectivity index (χ2v) is 7.03. The van der Waals surface area contributed by atoms with Crippen LogP contribution in [0, 0.1) is 0 Å². The lowest BCUT2D eigenvalue weighted by Gasteiger charge is -2.38. The van der Waals surface area contributed by atoms with Gasteiger partial charge in [0.05, 0.1) is 18.5 Å². The number of nitrogens with two attached hydrogens (primary N) is 1. The number of hydrogen-bond donors (Lipinski definition) is 1. The number of likely N-dealkylation sites (tertiary alicyclic amines) is 1. The van der Waals surface area contributed by atoms with Crippen LogP contribution in [0.1, 0.15) is 32.8 Å². The molecule has 1 aliphatic heterocycles. The Labute approximate surface area is 146 Å². The third-order valence-electron chi connectivity index (χ3n) is 4.18. The Balaban J connectivity index is 1.89. The van der Waals surface area contributed by atoms with Crippen molar-refractivity contribution in [3.8, 4) is 5.88 Å². The number of nitrogens with zero attached hydrogens (tertiary/aromatic N) is 3. The van der Waals surface area contributed by atoms with Crippen LogP contribution in [-0.4, -0.2) is 40.0 Å². The van der Waals surface area contributed by atoms with Crippen molar-refractivity contribution in [2.75, 3.05) is 13.1 Å². The number of fused-ring (bicyclic) bond motifs is 1. The molecule has 2 aromatic heterocycles. The van der Waals surface area contributed by atoms with Gasteiger partial charge in [0.25, 0.3) is 0 Å². The number of halogens is 1. The molecule has 128 valence electrons. The molecule has 0 aromatic carbocycles. The van der Waals surface area contributed by atoms with E-state index in [9.17, 15) is 4.79 Å². The summed E-state index contributed by atoms with van der Waals surface area (Å²) >= 11 is 6.05. The summed E-state index contributed by atoms with van der Waals surface area (Å²) in [4.78, 5) is 22.0. The third-order valence-corrected chi connectivity index (χ3v) is 4.38. The van der Waals surface area contributed by atoms with Crippen molar-refractivity contribution in [2.45, 2.75) is 38.8 Å². The lowest BCUT2D eigenvalue weighted by atomic mass is 9.93. The molecule has 0 saturated carbocycles. The molecule has 1 aliphatic rings. The van der Waals surface area contributed by atoms with E-state index < -0.39 is 5.54 Å². The maximum atomic E-state index is 11.6. The van der Waals surface area contributed by atoms with E-state index in [1.54, 1.807) is 23.4 Å². The predicted molar refractivity (Wildman–Crippen MR) is 93.0 cm³/mol. The standard InChI is InChI=1S/C17H21ClN4O2/c1-4-15(23)22-8-10(9-22)24-16-12-6-20-14(18)5-11(12)13(7-21-16)17(2,3)19/h5-7,10H,4,8-9,19H2,1-3H3. The van der Waals surface area contributed by atoms with Gasteiger partial charge in [0.1, 0.15) is 11.3 Å². The molecule has 7 heteroatoms. The Morgan fingerprint density at radius 2 is 2.08 bits per heavy atom. The molecule has 0 spiro atoms. The SMILES string of the molecule is CCC(=O)N1CC(Oc2ncc(C(C)(C)N)c3cc(Cl)ncc23)C1. The average Bonchev–Trinajstić information content (AvgIpc) is 2.48. The fourth-order valence-corrected chi connectivity index (χ4v) is 2.95. The van der Waals surface area contributed by atoms with Gasteiger partial charge in [0, 0.05) is 24.4 Å². The number of hydrogen-bond acceptors (Lipinski definition) is 5. The number of amides is 1. The third kappa shape index (κ3) is 3.16. The first kappa shape index (κ1) is 16.9. The van der Waals surface area contributed by atoms with E-state index in [1.165, 1.54) is 0 Å². The zero-order valence-corrected chi connectivity index (χ0v) is 14.8. The lowest BCUT2D eigenvalue weighted by molar-refractivity contribution is -0.139. The average molecular weight is 349 g/mol. The van der Waals surface area contributed by atoms with Crippen LogP contribution < -0.4 is 10.5 Å². The van der Waals surface area contributed by atoms with Crippen molar-refractivity contribution in [2.24, 2.45) is 5.73 Å². The van der Waals surface area contributed by atoms with Crippen molar-refractivity contribution in [3.63, 3.8) is 0 Å². The highest BCUT2D eigenvalue weighted by atomic mass is 35.5. The van der Waals surface area contributed by atoms with E-state index in [2.05, 4.69) is 9.97 Å². The number of ether oxygens (including phenoxy) is 1. The molecule has 1 amide bonds. The van der Waals surface area contributed by atoms with Crippen molar-refractivity contribution in [1.29, 1.82) is 0 Å². The number of carbonyl (C=O) groups is 1. The summed E-state index contributed by atoms with van der Waals surface area (Å²) in [7, 11) is 0. The molecular weight excluding hydrogens is 328 g/mol. The molecule has 3 rings (SSSR count). The number of rotatable bonds is 4. The highest BCUT2D eigenvalue weighted by molar-refractivity contribution is 6.30. The normalized spacial score (nSPS) is 15.5. The van der Waals surface area contributed by atoms with Crippen LogP contribution in [0.15, 0.2) is 18.5 Å². The topological polar surface area (TPSA) is 81.3 Å². The number of aromatic nitrogens is 2. The minimum atomic E-state index is -0.560. The van der Waals surface area contributed by atoms with Crippen LogP contribution in [0.4, 0.5) is 0 Å². The molecule has 0 unspecified atom stereocenters. The van der Waals surface area contributed by atoms with Crippen molar-refractivity contribution in [3.05, 3.63) is 29.2 Å². The molecular formula is C17H21ClN4O2. The van der Waals surface area contributed by atoms with Crippen LogP contribution >= 0.6 is 11.6 Å². The fourth-order valence-electron chi connectivity index (χ4n) is 2.79. The molecule has 1 fully saturated rings. The summed E-state index contributed by atoms with van der Waals surface area (Å²) in [6.07, 6.45) is 3.84. The van der Waals surface area contributed by atoms with Gasteiger partial charge in [-0.25, -0.2) is 9.97 Å². The van der Waals surface area contributed by atoms with Gasteiger partial charge >= 0.3 is 0 Å². The van der Waals surface area contributed by atoms with Crippen molar-refractivity contribution < 1.29 is 9.53 Å². The van der Waals surface area contributed by atoms with E-state index >= 15 is 0 Å². The maximum absolute atomic E-state index is 11.6. The highest BCUT2D eigenvalue weighted by Gasteiger charge is 2.32. The minimum absolute atomic E-state index is 0.0522. The summed E-state index contributed by atoms with van der Waals surface area (Å²) in [5.74, 6) is 0.636. The van der Waals surface area contributed by atoms with Crippen LogP contribution in [0.2, 0.25) is 5.15 Å². The molecule has 1 saturated heterocycles. The maximum Gasteiger partial charge on any atom is 0.223 e. The molecule has 0 radical (unpaired) electrons. The number of pyridine rings is 2. The van der Waals surface area contributed by atoms with Crippen LogP contribution in [0.3, 0.4) is 0 Å². The summed E-state index contributed by atoms with van der Waals surface area (Å²) in [6, 6.07) is 1.78. The van der Waals surface area contributed by atoms with E-state index in [0.29, 0.717) is 30.5 Å². The Hall–Kier alpha value is -1.92.